The third-order valence-electron chi connectivity index (χ3n) is 3.59. The molecule has 140 valence electrons. The second kappa shape index (κ2) is 9.59. The normalized spacial score (nSPS) is 11.6. The Labute approximate surface area is 163 Å². The van der Waals surface area contributed by atoms with Crippen LogP contribution in [0.4, 0.5) is 10.1 Å². The van der Waals surface area contributed by atoms with Gasteiger partial charge in [-0.15, -0.1) is 0 Å². The number of halogens is 2. The number of benzene rings is 2. The maximum absolute atomic E-state index is 13.2. The first-order chi connectivity index (χ1) is 12.4. The van der Waals surface area contributed by atoms with Gasteiger partial charge < -0.3 is 20.1 Å². The Bertz CT molecular complexity index is 773. The van der Waals surface area contributed by atoms with Crippen LogP contribution in [-0.2, 0) is 0 Å². The average Bonchev–Trinajstić information content (AvgIpc) is 2.60. The molecule has 1 unspecified atom stereocenters. The van der Waals surface area contributed by atoms with Gasteiger partial charge in [0.05, 0.1) is 24.3 Å². The monoisotopic (exact) mass is 396 g/mol. The van der Waals surface area contributed by atoms with Gasteiger partial charge in [0.2, 0.25) is 0 Å². The Balaban J connectivity index is 2.05. The fourth-order valence-corrected chi connectivity index (χ4v) is 2.83. The van der Waals surface area contributed by atoms with Crippen LogP contribution in [0.5, 0.6) is 11.5 Å². The van der Waals surface area contributed by atoms with Crippen molar-refractivity contribution in [2.45, 2.75) is 26.8 Å². The van der Waals surface area contributed by atoms with E-state index in [0.29, 0.717) is 35.5 Å². The highest BCUT2D eigenvalue weighted by Crippen LogP contribution is 2.30. The number of anilines is 1. The Hall–Kier alpha value is -2.05. The smallest absolute Gasteiger partial charge is 0.171 e. The molecule has 0 fully saturated rings. The first-order valence-electron chi connectivity index (χ1n) is 8.36. The van der Waals surface area contributed by atoms with Gasteiger partial charge in [0.15, 0.2) is 16.6 Å². The number of thiocarbonyl (C=S) groups is 1. The molecule has 0 aliphatic rings. The van der Waals surface area contributed by atoms with Gasteiger partial charge in [0, 0.05) is 5.69 Å². The lowest BCUT2D eigenvalue weighted by atomic mass is 10.1. The molecular formula is C19H22ClFN2O2S. The van der Waals surface area contributed by atoms with E-state index < -0.39 is 5.82 Å². The molecule has 2 aromatic carbocycles. The van der Waals surface area contributed by atoms with Crippen LogP contribution < -0.4 is 20.1 Å². The predicted octanol–water partition coefficient (Wildman–Crippen LogP) is 5.32. The first kappa shape index (κ1) is 20.3. The van der Waals surface area contributed by atoms with Crippen molar-refractivity contribution in [3.8, 4) is 11.5 Å². The lowest BCUT2D eigenvalue weighted by Crippen LogP contribution is -2.30. The van der Waals surface area contributed by atoms with E-state index in [1.165, 1.54) is 12.1 Å². The van der Waals surface area contributed by atoms with Crippen LogP contribution in [0.2, 0.25) is 5.02 Å². The van der Waals surface area contributed by atoms with E-state index in [1.54, 1.807) is 6.07 Å². The van der Waals surface area contributed by atoms with Crippen LogP contribution in [0.15, 0.2) is 36.4 Å². The first-order valence-corrected chi connectivity index (χ1v) is 9.15. The largest absolute Gasteiger partial charge is 0.490 e. The fourth-order valence-electron chi connectivity index (χ4n) is 2.36. The van der Waals surface area contributed by atoms with Gasteiger partial charge in [-0.2, -0.15) is 0 Å². The zero-order chi connectivity index (χ0) is 19.1. The molecule has 26 heavy (non-hydrogen) atoms. The maximum atomic E-state index is 13.2. The van der Waals surface area contributed by atoms with E-state index in [1.807, 2.05) is 39.0 Å². The van der Waals surface area contributed by atoms with Crippen molar-refractivity contribution >= 4 is 34.6 Å². The van der Waals surface area contributed by atoms with Gasteiger partial charge in [0.1, 0.15) is 5.82 Å². The molecule has 4 nitrogen and oxygen atoms in total. The summed E-state index contributed by atoms with van der Waals surface area (Å²) in [4.78, 5) is 0. The molecule has 7 heteroatoms. The minimum atomic E-state index is -0.470. The van der Waals surface area contributed by atoms with Crippen LogP contribution in [0.1, 0.15) is 32.4 Å². The Morgan fingerprint density at radius 2 is 1.81 bits per heavy atom. The third-order valence-corrected chi connectivity index (χ3v) is 4.10. The SMILES string of the molecule is CCOc1ccc(C(C)NC(=S)Nc2ccc(F)c(Cl)c2)cc1OCC. The van der Waals surface area contributed by atoms with Crippen molar-refractivity contribution in [1.29, 1.82) is 0 Å². The van der Waals surface area contributed by atoms with E-state index in [4.69, 9.17) is 33.3 Å². The van der Waals surface area contributed by atoms with Crippen molar-refractivity contribution in [3.63, 3.8) is 0 Å². The second-order valence-corrected chi connectivity index (χ2v) is 6.34. The number of ether oxygens (including phenoxy) is 2. The summed E-state index contributed by atoms with van der Waals surface area (Å²) in [7, 11) is 0. The minimum Gasteiger partial charge on any atom is -0.490 e. The summed E-state index contributed by atoms with van der Waals surface area (Å²) in [6.07, 6.45) is 0. The van der Waals surface area contributed by atoms with E-state index >= 15 is 0 Å². The van der Waals surface area contributed by atoms with Gasteiger partial charge in [-0.05, 0) is 68.9 Å². The molecule has 0 aromatic heterocycles. The topological polar surface area (TPSA) is 42.5 Å². The van der Waals surface area contributed by atoms with Crippen LogP contribution in [0.25, 0.3) is 0 Å². The highest BCUT2D eigenvalue weighted by molar-refractivity contribution is 7.80. The van der Waals surface area contributed by atoms with Crippen molar-refractivity contribution < 1.29 is 13.9 Å². The van der Waals surface area contributed by atoms with Crippen molar-refractivity contribution in [2.24, 2.45) is 0 Å². The summed E-state index contributed by atoms with van der Waals surface area (Å²) in [5.74, 6) is 0.943. The van der Waals surface area contributed by atoms with Crippen LogP contribution in [0, 0.1) is 5.82 Å². The summed E-state index contributed by atoms with van der Waals surface area (Å²) in [5, 5.41) is 6.63. The summed E-state index contributed by atoms with van der Waals surface area (Å²) < 4.78 is 24.5. The van der Waals surface area contributed by atoms with Crippen LogP contribution in [-0.4, -0.2) is 18.3 Å². The molecule has 1 atom stereocenters. The Kier molecular flexibility index (Phi) is 7.48. The standard InChI is InChI=1S/C19H22ClFN2O2S/c1-4-24-17-9-6-13(10-18(17)25-5-2)12(3)22-19(26)23-14-7-8-16(21)15(20)11-14/h6-12H,4-5H2,1-3H3,(H2,22,23,26). The number of nitrogens with one attached hydrogen (secondary N) is 2. The van der Waals surface area contributed by atoms with E-state index in [0.717, 1.165) is 5.56 Å². The van der Waals surface area contributed by atoms with E-state index in [2.05, 4.69) is 10.6 Å². The number of hydrogen-bond acceptors (Lipinski definition) is 3. The molecule has 0 radical (unpaired) electrons. The molecular weight excluding hydrogens is 375 g/mol. The third kappa shape index (κ3) is 5.47. The predicted molar refractivity (Wildman–Crippen MR) is 108 cm³/mol. The molecule has 0 saturated heterocycles. The van der Waals surface area contributed by atoms with Gasteiger partial charge in [0.25, 0.3) is 0 Å². The lowest BCUT2D eigenvalue weighted by molar-refractivity contribution is 0.287. The Morgan fingerprint density at radius 1 is 1.12 bits per heavy atom. The van der Waals surface area contributed by atoms with Crippen molar-refractivity contribution in [1.82, 2.24) is 5.32 Å². The molecule has 0 amide bonds. The van der Waals surface area contributed by atoms with Crippen LogP contribution in [0.3, 0.4) is 0 Å². The van der Waals surface area contributed by atoms with Gasteiger partial charge in [-0.3, -0.25) is 0 Å². The summed E-state index contributed by atoms with van der Waals surface area (Å²) in [6.45, 7) is 6.96. The molecule has 0 aliphatic heterocycles. The molecule has 0 spiro atoms. The average molecular weight is 397 g/mol. The molecule has 0 bridgehead atoms. The second-order valence-electron chi connectivity index (χ2n) is 5.52. The lowest BCUT2D eigenvalue weighted by Gasteiger charge is -2.19. The van der Waals surface area contributed by atoms with Gasteiger partial charge in [-0.1, -0.05) is 17.7 Å². The molecule has 2 rings (SSSR count). The van der Waals surface area contributed by atoms with E-state index in [-0.39, 0.29) is 11.1 Å². The molecule has 2 N–H and O–H groups in total. The Morgan fingerprint density at radius 3 is 2.46 bits per heavy atom. The quantitative estimate of drug-likeness (QED) is 0.619. The molecule has 0 heterocycles. The molecule has 2 aromatic rings. The zero-order valence-electron chi connectivity index (χ0n) is 14.9. The van der Waals surface area contributed by atoms with E-state index in [9.17, 15) is 4.39 Å². The molecule has 0 aliphatic carbocycles. The number of hydrogen-bond donors (Lipinski definition) is 2. The van der Waals surface area contributed by atoms with Crippen molar-refractivity contribution in [2.75, 3.05) is 18.5 Å². The highest BCUT2D eigenvalue weighted by atomic mass is 35.5. The fraction of sp³-hybridized carbons (Fsp3) is 0.316. The van der Waals surface area contributed by atoms with Gasteiger partial charge in [-0.25, -0.2) is 4.39 Å². The molecule has 0 saturated carbocycles. The van der Waals surface area contributed by atoms with Crippen molar-refractivity contribution in [3.05, 3.63) is 52.8 Å². The van der Waals surface area contributed by atoms with Gasteiger partial charge >= 0.3 is 0 Å². The summed E-state index contributed by atoms with van der Waals surface area (Å²) in [6, 6.07) is 10.1. The van der Waals surface area contributed by atoms with Crippen LogP contribution >= 0.6 is 23.8 Å². The highest BCUT2D eigenvalue weighted by Gasteiger charge is 2.12. The number of rotatable bonds is 7. The minimum absolute atomic E-state index is 0.0405. The summed E-state index contributed by atoms with van der Waals surface area (Å²) >= 11 is 11.1. The maximum Gasteiger partial charge on any atom is 0.171 e. The summed E-state index contributed by atoms with van der Waals surface area (Å²) in [5.41, 5.74) is 1.61. The zero-order valence-corrected chi connectivity index (χ0v) is 16.5.